The van der Waals surface area contributed by atoms with Gasteiger partial charge >= 0.3 is 6.09 Å². The number of halogens is 1. The van der Waals surface area contributed by atoms with Gasteiger partial charge in [-0.15, -0.1) is 11.3 Å². The van der Waals surface area contributed by atoms with Crippen LogP contribution in [0, 0.1) is 0 Å². The van der Waals surface area contributed by atoms with Crippen molar-refractivity contribution in [2.75, 3.05) is 18.8 Å². The molecule has 2 heterocycles. The van der Waals surface area contributed by atoms with Crippen LogP contribution in [-0.4, -0.2) is 40.8 Å². The van der Waals surface area contributed by atoms with E-state index in [-0.39, 0.29) is 12.5 Å². The van der Waals surface area contributed by atoms with Gasteiger partial charge in [-0.25, -0.2) is 14.2 Å². The molecule has 1 saturated heterocycles. The Kier molecular flexibility index (Phi) is 4.17. The smallest absolute Gasteiger partial charge is 0.410 e. The normalized spacial score (nSPS) is 23.7. The Morgan fingerprint density at radius 2 is 2.30 bits per heavy atom. The first-order chi connectivity index (χ1) is 9.26. The number of carbonyl (C=O) groups excluding carboxylic acids is 1. The third-order valence-electron chi connectivity index (χ3n) is 3.10. The van der Waals surface area contributed by atoms with Crippen LogP contribution in [0.1, 0.15) is 38.0 Å². The number of nitrogens with two attached hydrogens (primary N) is 1. The lowest BCUT2D eigenvalue weighted by atomic mass is 9.94. The van der Waals surface area contributed by atoms with Gasteiger partial charge in [-0.3, -0.25) is 0 Å². The van der Waals surface area contributed by atoms with Gasteiger partial charge in [-0.1, -0.05) is 0 Å². The van der Waals surface area contributed by atoms with Crippen LogP contribution in [0.4, 0.5) is 14.3 Å². The van der Waals surface area contributed by atoms with E-state index in [1.807, 2.05) is 0 Å². The van der Waals surface area contributed by atoms with Gasteiger partial charge in [0.2, 0.25) is 0 Å². The van der Waals surface area contributed by atoms with Gasteiger partial charge in [-0.2, -0.15) is 0 Å². The number of hydrogen-bond donors (Lipinski definition) is 1. The predicted molar refractivity (Wildman–Crippen MR) is 76.6 cm³/mol. The second kappa shape index (κ2) is 5.55. The summed E-state index contributed by atoms with van der Waals surface area (Å²) in [5.74, 6) is -0.233. The first-order valence-electron chi connectivity index (χ1n) is 6.59. The van der Waals surface area contributed by atoms with E-state index in [1.54, 1.807) is 27.0 Å². The van der Waals surface area contributed by atoms with E-state index < -0.39 is 17.9 Å². The molecule has 20 heavy (non-hydrogen) atoms. The second-order valence-corrected chi connectivity index (χ2v) is 7.03. The molecule has 0 aliphatic carbocycles. The average Bonchev–Trinajstić information content (AvgIpc) is 2.73. The van der Waals surface area contributed by atoms with Crippen molar-refractivity contribution in [1.82, 2.24) is 9.88 Å². The van der Waals surface area contributed by atoms with Gasteiger partial charge in [0.05, 0.1) is 6.54 Å². The Labute approximate surface area is 121 Å². The number of hydrogen-bond acceptors (Lipinski definition) is 5. The van der Waals surface area contributed by atoms with Crippen molar-refractivity contribution in [3.05, 3.63) is 11.1 Å². The largest absolute Gasteiger partial charge is 0.444 e. The molecule has 0 bridgehead atoms. The third kappa shape index (κ3) is 3.59. The molecule has 2 atom stereocenters. The Hall–Kier alpha value is -1.37. The fourth-order valence-corrected chi connectivity index (χ4v) is 3.06. The van der Waals surface area contributed by atoms with Gasteiger partial charge in [0.15, 0.2) is 5.13 Å². The minimum absolute atomic E-state index is 0.0530. The molecule has 1 fully saturated rings. The molecule has 0 aromatic carbocycles. The predicted octanol–water partition coefficient (Wildman–Crippen LogP) is 2.79. The topological polar surface area (TPSA) is 68.5 Å². The summed E-state index contributed by atoms with van der Waals surface area (Å²) in [6.45, 7) is 5.93. The molecule has 1 unspecified atom stereocenters. The van der Waals surface area contributed by atoms with Crippen LogP contribution >= 0.6 is 11.3 Å². The highest BCUT2D eigenvalue weighted by molar-refractivity contribution is 7.15. The van der Waals surface area contributed by atoms with Crippen LogP contribution in [0.25, 0.3) is 0 Å². The van der Waals surface area contributed by atoms with Gasteiger partial charge in [0.25, 0.3) is 0 Å². The van der Waals surface area contributed by atoms with Gasteiger partial charge in [0, 0.05) is 23.5 Å². The number of alkyl halides is 1. The van der Waals surface area contributed by atoms with E-state index in [4.69, 9.17) is 10.5 Å². The lowest BCUT2D eigenvalue weighted by Crippen LogP contribution is -2.46. The number of thiazole rings is 1. The summed E-state index contributed by atoms with van der Waals surface area (Å²) in [5.41, 5.74) is 5.01. The summed E-state index contributed by atoms with van der Waals surface area (Å²) in [5, 5.41) is 0.446. The van der Waals surface area contributed by atoms with Crippen molar-refractivity contribution >= 4 is 22.6 Å². The lowest BCUT2D eigenvalue weighted by molar-refractivity contribution is 0.0113. The van der Waals surface area contributed by atoms with E-state index in [2.05, 4.69) is 4.98 Å². The highest BCUT2D eigenvalue weighted by Gasteiger charge is 2.35. The Morgan fingerprint density at radius 1 is 1.60 bits per heavy atom. The van der Waals surface area contributed by atoms with E-state index in [0.29, 0.717) is 18.1 Å². The summed E-state index contributed by atoms with van der Waals surface area (Å²) in [6, 6.07) is 0. The van der Waals surface area contributed by atoms with E-state index >= 15 is 0 Å². The van der Waals surface area contributed by atoms with Crippen LogP contribution in [0.3, 0.4) is 0 Å². The summed E-state index contributed by atoms with van der Waals surface area (Å²) >= 11 is 1.31. The van der Waals surface area contributed by atoms with Gasteiger partial charge in [0.1, 0.15) is 11.8 Å². The SMILES string of the molecule is CC(C)(C)OC(=O)N1CCC(c2cnc(N)s2)[C@@H](F)C1. The van der Waals surface area contributed by atoms with Crippen LogP contribution in [0.2, 0.25) is 0 Å². The molecule has 1 aromatic heterocycles. The van der Waals surface area contributed by atoms with Crippen LogP contribution in [0.15, 0.2) is 6.20 Å². The number of likely N-dealkylation sites (tertiary alicyclic amines) is 1. The lowest BCUT2D eigenvalue weighted by Gasteiger charge is -2.35. The van der Waals surface area contributed by atoms with Crippen LogP contribution in [0.5, 0.6) is 0 Å². The van der Waals surface area contributed by atoms with Crippen LogP contribution < -0.4 is 5.73 Å². The summed E-state index contributed by atoms with van der Waals surface area (Å²) in [4.78, 5) is 18.1. The quantitative estimate of drug-likeness (QED) is 0.866. The molecule has 5 nitrogen and oxygen atoms in total. The van der Waals surface area contributed by atoms with Gasteiger partial charge in [-0.05, 0) is 27.2 Å². The molecule has 2 rings (SSSR count). The van der Waals surface area contributed by atoms with Crippen LogP contribution in [-0.2, 0) is 4.74 Å². The molecule has 1 aliphatic rings. The molecular weight excluding hydrogens is 281 g/mol. The zero-order valence-electron chi connectivity index (χ0n) is 11.9. The molecular formula is C13H20FN3O2S. The van der Waals surface area contributed by atoms with Crippen molar-refractivity contribution < 1.29 is 13.9 Å². The fourth-order valence-electron chi connectivity index (χ4n) is 2.19. The van der Waals surface area contributed by atoms with Crippen molar-refractivity contribution in [3.63, 3.8) is 0 Å². The maximum Gasteiger partial charge on any atom is 0.410 e. The molecule has 1 aromatic rings. The molecule has 1 amide bonds. The number of nitrogens with zero attached hydrogens (tertiary/aromatic N) is 2. The van der Waals surface area contributed by atoms with E-state index in [1.165, 1.54) is 16.2 Å². The average molecular weight is 301 g/mol. The van der Waals surface area contributed by atoms with Crippen molar-refractivity contribution in [1.29, 1.82) is 0 Å². The third-order valence-corrected chi connectivity index (χ3v) is 4.06. The number of piperidine rings is 1. The molecule has 112 valence electrons. The van der Waals surface area contributed by atoms with E-state index in [0.717, 1.165) is 4.88 Å². The first-order valence-corrected chi connectivity index (χ1v) is 7.41. The molecule has 7 heteroatoms. The zero-order chi connectivity index (χ0) is 14.9. The Bertz CT molecular complexity index is 486. The Balaban J connectivity index is 1.97. The van der Waals surface area contributed by atoms with Crippen molar-refractivity contribution in [3.8, 4) is 0 Å². The molecule has 2 N–H and O–H groups in total. The number of amides is 1. The zero-order valence-corrected chi connectivity index (χ0v) is 12.7. The number of anilines is 1. The van der Waals surface area contributed by atoms with Crippen molar-refractivity contribution in [2.45, 2.75) is 44.9 Å². The second-order valence-electron chi connectivity index (χ2n) is 5.94. The fraction of sp³-hybridized carbons (Fsp3) is 0.692. The highest BCUT2D eigenvalue weighted by atomic mass is 32.1. The standard InChI is InChI=1S/C13H20FN3O2S/c1-13(2,3)19-12(18)17-5-4-8(9(14)7-17)10-6-16-11(15)20-10/h6,8-9H,4-5,7H2,1-3H3,(H2,15,16)/t8?,9-/m0/s1. The summed E-state index contributed by atoms with van der Waals surface area (Å²) < 4.78 is 19.5. The van der Waals surface area contributed by atoms with Gasteiger partial charge < -0.3 is 15.4 Å². The molecule has 0 saturated carbocycles. The maximum atomic E-state index is 14.3. The monoisotopic (exact) mass is 301 g/mol. The van der Waals surface area contributed by atoms with E-state index in [9.17, 15) is 9.18 Å². The molecule has 0 radical (unpaired) electrons. The van der Waals surface area contributed by atoms with Crippen molar-refractivity contribution in [2.24, 2.45) is 0 Å². The first kappa shape index (κ1) is 15.0. The number of rotatable bonds is 1. The number of carbonyl (C=O) groups is 1. The number of aromatic nitrogens is 1. The highest BCUT2D eigenvalue weighted by Crippen LogP contribution is 2.34. The maximum absolute atomic E-state index is 14.3. The number of ether oxygens (including phenoxy) is 1. The minimum Gasteiger partial charge on any atom is -0.444 e. The molecule has 1 aliphatic heterocycles. The minimum atomic E-state index is -1.11. The summed E-state index contributed by atoms with van der Waals surface area (Å²) in [6.07, 6.45) is 0.612. The molecule has 0 spiro atoms. The Morgan fingerprint density at radius 3 is 2.80 bits per heavy atom. The summed E-state index contributed by atoms with van der Waals surface area (Å²) in [7, 11) is 0. The number of nitrogen functional groups attached to an aromatic ring is 1.